The van der Waals surface area contributed by atoms with Gasteiger partial charge in [-0.1, -0.05) is 29.8 Å². The second-order valence-corrected chi connectivity index (χ2v) is 5.08. The number of rotatable bonds is 2. The molecule has 100 valence electrons. The summed E-state index contributed by atoms with van der Waals surface area (Å²) in [4.78, 5) is 13.3. The van der Waals surface area contributed by atoms with E-state index in [1.165, 1.54) is 0 Å². The number of hydrogen-bond donors (Lipinski definition) is 2. The van der Waals surface area contributed by atoms with Crippen molar-refractivity contribution in [2.45, 2.75) is 19.9 Å². The molecule has 0 saturated heterocycles. The molecule has 0 bridgehead atoms. The van der Waals surface area contributed by atoms with Crippen LogP contribution in [0.15, 0.2) is 35.5 Å². The fourth-order valence-electron chi connectivity index (χ4n) is 2.25. The van der Waals surface area contributed by atoms with Crippen molar-refractivity contribution in [3.05, 3.63) is 46.7 Å². The molecule has 0 fully saturated rings. The molecule has 1 heterocycles. The molecule has 2 N–H and O–H groups in total. The highest BCUT2D eigenvalue weighted by atomic mass is 32.1. The van der Waals surface area contributed by atoms with Gasteiger partial charge in [-0.05, 0) is 31.6 Å². The number of aryl methyl sites for hydroxylation is 1. The van der Waals surface area contributed by atoms with Crippen molar-refractivity contribution in [2.24, 2.45) is 0 Å². The number of nitrogens with one attached hydrogen (secondary N) is 1. The van der Waals surface area contributed by atoms with E-state index in [1.807, 2.05) is 31.2 Å². The van der Waals surface area contributed by atoms with Crippen LogP contribution in [0.2, 0.25) is 0 Å². The van der Waals surface area contributed by atoms with Gasteiger partial charge in [0.05, 0.1) is 11.6 Å². The molecule has 0 aromatic heterocycles. The molecule has 5 heteroatoms. The molecule has 0 radical (unpaired) electrons. The average molecular weight is 276 g/mol. The fourth-order valence-corrected chi connectivity index (χ4v) is 2.51. The number of likely N-dealkylation sites (N-methyl/N-ethyl adjacent to an activating group) is 1. The minimum absolute atomic E-state index is 0.333. The Labute approximate surface area is 117 Å². The van der Waals surface area contributed by atoms with Gasteiger partial charge in [-0.2, -0.15) is 0 Å². The van der Waals surface area contributed by atoms with Gasteiger partial charge in [0.15, 0.2) is 5.11 Å². The summed E-state index contributed by atoms with van der Waals surface area (Å²) < 4.78 is 0. The Kier molecular flexibility index (Phi) is 3.57. The van der Waals surface area contributed by atoms with Crippen LogP contribution in [0.1, 0.15) is 24.1 Å². The summed E-state index contributed by atoms with van der Waals surface area (Å²) in [6, 6.07) is 7.49. The van der Waals surface area contributed by atoms with E-state index in [-0.39, 0.29) is 6.04 Å². The first-order valence-electron chi connectivity index (χ1n) is 5.96. The zero-order chi connectivity index (χ0) is 14.2. The highest BCUT2D eigenvalue weighted by Crippen LogP contribution is 2.32. The van der Waals surface area contributed by atoms with Gasteiger partial charge in [-0.25, -0.2) is 4.79 Å². The lowest BCUT2D eigenvalue weighted by Crippen LogP contribution is -2.46. The molecule has 1 aliphatic rings. The number of allylic oxidation sites excluding steroid dienone is 1. The van der Waals surface area contributed by atoms with E-state index in [2.05, 4.69) is 5.32 Å². The third-order valence-electron chi connectivity index (χ3n) is 3.30. The molecule has 19 heavy (non-hydrogen) atoms. The van der Waals surface area contributed by atoms with Crippen molar-refractivity contribution in [3.63, 3.8) is 0 Å². The quantitative estimate of drug-likeness (QED) is 0.811. The molecular weight excluding hydrogens is 260 g/mol. The number of carbonyl (C=O) groups is 1. The van der Waals surface area contributed by atoms with E-state index in [1.54, 1.807) is 18.9 Å². The third-order valence-corrected chi connectivity index (χ3v) is 3.69. The van der Waals surface area contributed by atoms with Crippen molar-refractivity contribution in [2.75, 3.05) is 7.05 Å². The maximum Gasteiger partial charge on any atom is 0.335 e. The Morgan fingerprint density at radius 3 is 2.42 bits per heavy atom. The number of aliphatic carboxylic acids is 1. The first kappa shape index (κ1) is 13.5. The summed E-state index contributed by atoms with van der Waals surface area (Å²) in [5.74, 6) is -0.926. The van der Waals surface area contributed by atoms with Crippen LogP contribution in [0.25, 0.3) is 0 Å². The number of hydrogen-bond acceptors (Lipinski definition) is 2. The van der Waals surface area contributed by atoms with Crippen molar-refractivity contribution in [3.8, 4) is 0 Å². The number of thiocarbonyl (C=S) groups is 1. The normalized spacial score (nSPS) is 19.4. The van der Waals surface area contributed by atoms with Gasteiger partial charge in [0, 0.05) is 12.7 Å². The molecular formula is C14H16N2O2S. The van der Waals surface area contributed by atoms with Crippen LogP contribution in [0.4, 0.5) is 0 Å². The molecule has 0 spiro atoms. The fraction of sp³-hybridized carbons (Fsp3) is 0.286. The molecule has 1 aliphatic heterocycles. The van der Waals surface area contributed by atoms with Crippen LogP contribution in [-0.4, -0.2) is 28.1 Å². The van der Waals surface area contributed by atoms with E-state index in [4.69, 9.17) is 12.2 Å². The Bertz CT molecular complexity index is 563. The molecule has 0 amide bonds. The number of benzene rings is 1. The smallest absolute Gasteiger partial charge is 0.335 e. The first-order valence-corrected chi connectivity index (χ1v) is 6.37. The van der Waals surface area contributed by atoms with Gasteiger partial charge in [0.2, 0.25) is 0 Å². The monoisotopic (exact) mass is 276 g/mol. The Morgan fingerprint density at radius 1 is 1.32 bits per heavy atom. The predicted octanol–water partition coefficient (Wildman–Crippen LogP) is 2.21. The molecule has 1 unspecified atom stereocenters. The summed E-state index contributed by atoms with van der Waals surface area (Å²) in [6.07, 6.45) is 0. The van der Waals surface area contributed by atoms with Gasteiger partial charge < -0.3 is 15.3 Å². The van der Waals surface area contributed by atoms with Gasteiger partial charge in [0.25, 0.3) is 0 Å². The van der Waals surface area contributed by atoms with E-state index in [9.17, 15) is 9.90 Å². The topological polar surface area (TPSA) is 52.6 Å². The minimum Gasteiger partial charge on any atom is -0.478 e. The number of carboxylic acids is 1. The van der Waals surface area contributed by atoms with Crippen LogP contribution in [0, 0.1) is 6.92 Å². The van der Waals surface area contributed by atoms with E-state index in [0.29, 0.717) is 16.4 Å². The van der Waals surface area contributed by atoms with E-state index < -0.39 is 5.97 Å². The molecule has 0 aliphatic carbocycles. The summed E-state index contributed by atoms with van der Waals surface area (Å²) >= 11 is 5.24. The van der Waals surface area contributed by atoms with Crippen molar-refractivity contribution in [1.29, 1.82) is 0 Å². The lowest BCUT2D eigenvalue weighted by Gasteiger charge is -2.36. The second-order valence-electron chi connectivity index (χ2n) is 4.70. The average Bonchev–Trinajstić information content (AvgIpc) is 2.34. The second kappa shape index (κ2) is 5.01. The van der Waals surface area contributed by atoms with E-state index >= 15 is 0 Å². The van der Waals surface area contributed by atoms with Gasteiger partial charge >= 0.3 is 5.97 Å². The van der Waals surface area contributed by atoms with Crippen LogP contribution in [0.3, 0.4) is 0 Å². The van der Waals surface area contributed by atoms with Crippen molar-refractivity contribution < 1.29 is 9.90 Å². The number of nitrogens with zero attached hydrogens (tertiary/aromatic N) is 1. The summed E-state index contributed by atoms with van der Waals surface area (Å²) in [5.41, 5.74) is 3.00. The lowest BCUT2D eigenvalue weighted by molar-refractivity contribution is -0.133. The molecule has 1 aromatic carbocycles. The Hall–Kier alpha value is -1.88. The Morgan fingerprint density at radius 2 is 1.89 bits per heavy atom. The van der Waals surface area contributed by atoms with Crippen LogP contribution in [0.5, 0.6) is 0 Å². The van der Waals surface area contributed by atoms with Crippen LogP contribution >= 0.6 is 12.2 Å². The summed E-state index contributed by atoms with van der Waals surface area (Å²) in [6.45, 7) is 3.74. The Balaban J connectivity index is 2.55. The minimum atomic E-state index is -0.926. The number of carboxylic acid groups (broad SMARTS) is 1. The lowest BCUT2D eigenvalue weighted by atomic mass is 9.94. The van der Waals surface area contributed by atoms with E-state index in [0.717, 1.165) is 11.1 Å². The van der Waals surface area contributed by atoms with Crippen LogP contribution < -0.4 is 5.32 Å². The first-order chi connectivity index (χ1) is 8.91. The summed E-state index contributed by atoms with van der Waals surface area (Å²) in [5, 5.41) is 12.9. The molecule has 4 nitrogen and oxygen atoms in total. The highest BCUT2D eigenvalue weighted by Gasteiger charge is 2.33. The maximum atomic E-state index is 11.5. The maximum absolute atomic E-state index is 11.5. The molecule has 2 rings (SSSR count). The zero-order valence-electron chi connectivity index (χ0n) is 11.1. The molecule has 0 saturated carbocycles. The zero-order valence-corrected chi connectivity index (χ0v) is 11.9. The van der Waals surface area contributed by atoms with Gasteiger partial charge in [0.1, 0.15) is 0 Å². The highest BCUT2D eigenvalue weighted by molar-refractivity contribution is 7.80. The predicted molar refractivity (Wildman–Crippen MR) is 77.8 cm³/mol. The van der Waals surface area contributed by atoms with Gasteiger partial charge in [-0.15, -0.1) is 0 Å². The standard InChI is InChI=1S/C14H16N2O2S/c1-8-4-6-10(7-5-8)12-11(13(17)18)9(2)15-14(19)16(12)3/h4-7,12H,1-3H3,(H,15,19)(H,17,18). The van der Waals surface area contributed by atoms with Crippen molar-refractivity contribution >= 4 is 23.3 Å². The van der Waals surface area contributed by atoms with Gasteiger partial charge in [-0.3, -0.25) is 0 Å². The van der Waals surface area contributed by atoms with Crippen molar-refractivity contribution in [1.82, 2.24) is 10.2 Å². The molecule has 1 atom stereocenters. The largest absolute Gasteiger partial charge is 0.478 e. The molecule has 1 aromatic rings. The third kappa shape index (κ3) is 2.46. The summed E-state index contributed by atoms with van der Waals surface area (Å²) in [7, 11) is 1.80. The SMILES string of the molecule is CC1=C(C(=O)O)C(c2ccc(C)cc2)N(C)C(=S)N1. The van der Waals surface area contributed by atoms with Crippen LogP contribution in [-0.2, 0) is 4.79 Å².